The highest BCUT2D eigenvalue weighted by molar-refractivity contribution is 4.93. The third-order valence-corrected chi connectivity index (χ3v) is 2.59. The van der Waals surface area contributed by atoms with Crippen molar-refractivity contribution in [2.24, 2.45) is 13.0 Å². The molecule has 1 aliphatic rings. The maximum absolute atomic E-state index is 4.40. The summed E-state index contributed by atoms with van der Waals surface area (Å²) in [5.41, 5.74) is 0. The van der Waals surface area contributed by atoms with Gasteiger partial charge in [0.2, 0.25) is 0 Å². The van der Waals surface area contributed by atoms with Gasteiger partial charge >= 0.3 is 0 Å². The molecule has 1 aromatic rings. The maximum atomic E-state index is 4.40. The zero-order valence-electron chi connectivity index (χ0n) is 8.25. The standard InChI is InChI=1S/C9H16N4/c1-7-11-9(13(2)12-7)5-8-3-4-10-6-8/h8,10H,3-6H2,1-2H3. The first-order valence-electron chi connectivity index (χ1n) is 4.83. The summed E-state index contributed by atoms with van der Waals surface area (Å²) in [6, 6.07) is 0. The fraction of sp³-hybridized carbons (Fsp3) is 0.778. The normalized spacial score (nSPS) is 22.5. The molecule has 1 fully saturated rings. The Morgan fingerprint density at radius 1 is 1.62 bits per heavy atom. The highest BCUT2D eigenvalue weighted by atomic mass is 15.3. The molecule has 1 saturated heterocycles. The number of hydrogen-bond acceptors (Lipinski definition) is 3. The van der Waals surface area contributed by atoms with Crippen molar-refractivity contribution in [3.05, 3.63) is 11.6 Å². The molecule has 1 aliphatic heterocycles. The van der Waals surface area contributed by atoms with Gasteiger partial charge in [0.25, 0.3) is 0 Å². The summed E-state index contributed by atoms with van der Waals surface area (Å²) in [6.45, 7) is 4.23. The molecule has 1 unspecified atom stereocenters. The highest BCUT2D eigenvalue weighted by Crippen LogP contribution is 2.13. The van der Waals surface area contributed by atoms with Crippen LogP contribution in [0.5, 0.6) is 0 Å². The van der Waals surface area contributed by atoms with Crippen LogP contribution >= 0.6 is 0 Å². The predicted octanol–water partition coefficient (Wildman–Crippen LogP) is 0.276. The number of hydrogen-bond donors (Lipinski definition) is 1. The fourth-order valence-corrected chi connectivity index (χ4v) is 1.88. The van der Waals surface area contributed by atoms with E-state index in [1.165, 1.54) is 6.42 Å². The average Bonchev–Trinajstić information content (AvgIpc) is 2.63. The second kappa shape index (κ2) is 3.46. The Bertz CT molecular complexity index is 286. The van der Waals surface area contributed by atoms with E-state index in [0.717, 1.165) is 37.1 Å². The van der Waals surface area contributed by atoms with Crippen molar-refractivity contribution >= 4 is 0 Å². The van der Waals surface area contributed by atoms with Gasteiger partial charge in [0.1, 0.15) is 11.6 Å². The van der Waals surface area contributed by atoms with Crippen LogP contribution < -0.4 is 5.32 Å². The first-order valence-corrected chi connectivity index (χ1v) is 4.83. The number of aryl methyl sites for hydroxylation is 2. The highest BCUT2D eigenvalue weighted by Gasteiger charge is 2.17. The Balaban J connectivity index is 2.03. The predicted molar refractivity (Wildman–Crippen MR) is 50.4 cm³/mol. The molecule has 0 bridgehead atoms. The quantitative estimate of drug-likeness (QED) is 0.710. The molecule has 0 radical (unpaired) electrons. The van der Waals surface area contributed by atoms with Crippen molar-refractivity contribution in [2.75, 3.05) is 13.1 Å². The van der Waals surface area contributed by atoms with E-state index in [0.29, 0.717) is 0 Å². The monoisotopic (exact) mass is 180 g/mol. The smallest absolute Gasteiger partial charge is 0.147 e. The summed E-state index contributed by atoms with van der Waals surface area (Å²) in [5, 5.41) is 7.60. The molecule has 0 saturated carbocycles. The van der Waals surface area contributed by atoms with Gasteiger partial charge in [0.05, 0.1) is 0 Å². The number of aromatic nitrogens is 3. The Morgan fingerprint density at radius 3 is 3.00 bits per heavy atom. The Kier molecular flexibility index (Phi) is 2.31. The van der Waals surface area contributed by atoms with Gasteiger partial charge in [-0.25, -0.2) is 4.98 Å². The van der Waals surface area contributed by atoms with Gasteiger partial charge in [-0.3, -0.25) is 4.68 Å². The van der Waals surface area contributed by atoms with Crippen LogP contribution in [-0.2, 0) is 13.5 Å². The molecule has 2 rings (SSSR count). The zero-order chi connectivity index (χ0) is 9.26. The van der Waals surface area contributed by atoms with Gasteiger partial charge in [0.15, 0.2) is 0 Å². The topological polar surface area (TPSA) is 42.7 Å². The van der Waals surface area contributed by atoms with Crippen LogP contribution in [0.1, 0.15) is 18.1 Å². The first-order chi connectivity index (χ1) is 6.25. The molecule has 0 spiro atoms. The lowest BCUT2D eigenvalue weighted by atomic mass is 10.1. The summed E-state index contributed by atoms with van der Waals surface area (Å²) in [5.74, 6) is 2.75. The van der Waals surface area contributed by atoms with Gasteiger partial charge in [-0.15, -0.1) is 0 Å². The Morgan fingerprint density at radius 2 is 2.46 bits per heavy atom. The minimum absolute atomic E-state index is 0.752. The third-order valence-electron chi connectivity index (χ3n) is 2.59. The summed E-state index contributed by atoms with van der Waals surface area (Å²) in [4.78, 5) is 4.40. The van der Waals surface area contributed by atoms with E-state index in [1.807, 2.05) is 18.7 Å². The second-order valence-corrected chi connectivity index (χ2v) is 3.76. The summed E-state index contributed by atoms with van der Waals surface area (Å²) in [7, 11) is 1.97. The van der Waals surface area contributed by atoms with Gasteiger partial charge in [0, 0.05) is 13.5 Å². The van der Waals surface area contributed by atoms with Crippen LogP contribution in [0.4, 0.5) is 0 Å². The molecule has 1 N–H and O–H groups in total. The number of nitrogens with zero attached hydrogens (tertiary/aromatic N) is 3. The fourth-order valence-electron chi connectivity index (χ4n) is 1.88. The van der Waals surface area contributed by atoms with E-state index in [4.69, 9.17) is 0 Å². The molecule has 4 heteroatoms. The molecule has 0 amide bonds. The van der Waals surface area contributed by atoms with Crippen molar-refractivity contribution < 1.29 is 0 Å². The Hall–Kier alpha value is -0.900. The van der Waals surface area contributed by atoms with Crippen molar-refractivity contribution in [2.45, 2.75) is 19.8 Å². The molecule has 2 heterocycles. The maximum Gasteiger partial charge on any atom is 0.147 e. The van der Waals surface area contributed by atoms with Crippen LogP contribution in [0.3, 0.4) is 0 Å². The van der Waals surface area contributed by atoms with Gasteiger partial charge in [-0.05, 0) is 32.4 Å². The van der Waals surface area contributed by atoms with Crippen LogP contribution in [0.15, 0.2) is 0 Å². The summed E-state index contributed by atoms with van der Waals surface area (Å²) < 4.78 is 1.90. The summed E-state index contributed by atoms with van der Waals surface area (Å²) >= 11 is 0. The van der Waals surface area contributed by atoms with E-state index in [9.17, 15) is 0 Å². The van der Waals surface area contributed by atoms with Crippen molar-refractivity contribution in [3.8, 4) is 0 Å². The molecule has 1 atom stereocenters. The van der Waals surface area contributed by atoms with Crippen LogP contribution in [0.25, 0.3) is 0 Å². The average molecular weight is 180 g/mol. The Labute approximate surface area is 78.4 Å². The van der Waals surface area contributed by atoms with E-state index >= 15 is 0 Å². The molecular formula is C9H16N4. The minimum Gasteiger partial charge on any atom is -0.316 e. The molecule has 0 aliphatic carbocycles. The van der Waals surface area contributed by atoms with Crippen LogP contribution in [0.2, 0.25) is 0 Å². The van der Waals surface area contributed by atoms with E-state index in [-0.39, 0.29) is 0 Å². The van der Waals surface area contributed by atoms with Crippen LogP contribution in [-0.4, -0.2) is 27.9 Å². The lowest BCUT2D eigenvalue weighted by Gasteiger charge is -2.05. The SMILES string of the molecule is Cc1nc(CC2CCNC2)n(C)n1. The number of nitrogens with one attached hydrogen (secondary N) is 1. The zero-order valence-corrected chi connectivity index (χ0v) is 8.25. The largest absolute Gasteiger partial charge is 0.316 e. The first kappa shape index (κ1) is 8.69. The van der Waals surface area contributed by atoms with Crippen molar-refractivity contribution in [3.63, 3.8) is 0 Å². The second-order valence-electron chi connectivity index (χ2n) is 3.76. The van der Waals surface area contributed by atoms with E-state index < -0.39 is 0 Å². The van der Waals surface area contributed by atoms with Crippen LogP contribution in [0, 0.1) is 12.8 Å². The lowest BCUT2D eigenvalue weighted by Crippen LogP contribution is -2.13. The molecule has 13 heavy (non-hydrogen) atoms. The van der Waals surface area contributed by atoms with Gasteiger partial charge < -0.3 is 5.32 Å². The molecule has 0 aromatic carbocycles. The number of rotatable bonds is 2. The molecule has 72 valence electrons. The van der Waals surface area contributed by atoms with Gasteiger partial charge in [-0.2, -0.15) is 5.10 Å². The molecule has 1 aromatic heterocycles. The van der Waals surface area contributed by atoms with E-state index in [1.54, 1.807) is 0 Å². The lowest BCUT2D eigenvalue weighted by molar-refractivity contribution is 0.539. The molecular weight excluding hydrogens is 164 g/mol. The minimum atomic E-state index is 0.752. The van der Waals surface area contributed by atoms with Gasteiger partial charge in [-0.1, -0.05) is 0 Å². The van der Waals surface area contributed by atoms with Crippen molar-refractivity contribution in [1.82, 2.24) is 20.1 Å². The summed E-state index contributed by atoms with van der Waals surface area (Å²) in [6.07, 6.45) is 2.33. The van der Waals surface area contributed by atoms with E-state index in [2.05, 4.69) is 15.4 Å². The van der Waals surface area contributed by atoms with Crippen molar-refractivity contribution in [1.29, 1.82) is 0 Å². The third kappa shape index (κ3) is 1.88. The molecule has 4 nitrogen and oxygen atoms in total.